The van der Waals surface area contributed by atoms with E-state index in [1.165, 1.54) is 16.4 Å². The highest BCUT2D eigenvalue weighted by Crippen LogP contribution is 2.29. The summed E-state index contributed by atoms with van der Waals surface area (Å²) in [5.41, 5.74) is 1.03. The number of piperazine rings is 1. The number of carbonyl (C=O) groups excluding carboxylic acids is 1. The van der Waals surface area contributed by atoms with Gasteiger partial charge < -0.3 is 9.64 Å². The summed E-state index contributed by atoms with van der Waals surface area (Å²) in [5, 5.41) is 0.488. The Bertz CT molecular complexity index is 929. The maximum absolute atomic E-state index is 12.8. The van der Waals surface area contributed by atoms with Gasteiger partial charge in [0.2, 0.25) is 10.0 Å². The van der Waals surface area contributed by atoms with Gasteiger partial charge in [-0.3, -0.25) is 4.79 Å². The number of fused-ring (bicyclic) bond motifs is 1. The van der Waals surface area contributed by atoms with Crippen molar-refractivity contribution in [3.05, 3.63) is 59.1 Å². The monoisotopic (exact) mass is 406 g/mol. The molecule has 1 amide bonds. The maximum atomic E-state index is 12.8. The summed E-state index contributed by atoms with van der Waals surface area (Å²) < 4.78 is 32.6. The first-order valence-electron chi connectivity index (χ1n) is 8.74. The summed E-state index contributed by atoms with van der Waals surface area (Å²) in [6, 6.07) is 13.7. The molecule has 0 N–H and O–H groups in total. The van der Waals surface area contributed by atoms with Crippen LogP contribution in [0.3, 0.4) is 0 Å². The zero-order valence-corrected chi connectivity index (χ0v) is 16.1. The van der Waals surface area contributed by atoms with Crippen molar-refractivity contribution in [2.45, 2.75) is 17.4 Å². The van der Waals surface area contributed by atoms with E-state index in [2.05, 4.69) is 0 Å². The van der Waals surface area contributed by atoms with Crippen molar-refractivity contribution in [1.82, 2.24) is 9.21 Å². The topological polar surface area (TPSA) is 66.9 Å². The van der Waals surface area contributed by atoms with Gasteiger partial charge in [-0.25, -0.2) is 8.42 Å². The van der Waals surface area contributed by atoms with E-state index in [0.29, 0.717) is 24.5 Å². The number of nitrogens with zero attached hydrogens (tertiary/aromatic N) is 2. The summed E-state index contributed by atoms with van der Waals surface area (Å²) in [6.45, 7) is 1.22. The fourth-order valence-electron chi connectivity index (χ4n) is 3.43. The molecule has 6 nitrogen and oxygen atoms in total. The third kappa shape index (κ3) is 3.54. The minimum atomic E-state index is -3.59. The van der Waals surface area contributed by atoms with Crippen LogP contribution < -0.4 is 4.74 Å². The second-order valence-corrected chi connectivity index (χ2v) is 8.98. The molecule has 2 aromatic carbocycles. The van der Waals surface area contributed by atoms with Gasteiger partial charge >= 0.3 is 0 Å². The third-order valence-corrected chi connectivity index (χ3v) is 7.09. The van der Waals surface area contributed by atoms with Crippen LogP contribution in [0.1, 0.15) is 5.56 Å². The lowest BCUT2D eigenvalue weighted by Crippen LogP contribution is -2.53. The SMILES string of the molecule is O=C([C@@H]1Cc2ccccc2O1)N1CCN(S(=O)(=O)c2ccc(Cl)cc2)CC1. The molecule has 1 atom stereocenters. The molecule has 1 saturated heterocycles. The van der Waals surface area contributed by atoms with Crippen LogP contribution in [0.25, 0.3) is 0 Å². The number of para-hydroxylation sites is 1. The van der Waals surface area contributed by atoms with Gasteiger partial charge in [0.1, 0.15) is 5.75 Å². The van der Waals surface area contributed by atoms with Gasteiger partial charge in [0.25, 0.3) is 5.91 Å². The third-order valence-electron chi connectivity index (χ3n) is 4.92. The van der Waals surface area contributed by atoms with Gasteiger partial charge in [0.05, 0.1) is 4.90 Å². The molecule has 0 radical (unpaired) electrons. The van der Waals surface area contributed by atoms with E-state index in [1.54, 1.807) is 17.0 Å². The molecule has 0 unspecified atom stereocenters. The fourth-order valence-corrected chi connectivity index (χ4v) is 4.98. The van der Waals surface area contributed by atoms with Crippen molar-refractivity contribution in [2.75, 3.05) is 26.2 Å². The summed E-state index contributed by atoms with van der Waals surface area (Å²) >= 11 is 5.83. The zero-order chi connectivity index (χ0) is 19.0. The quantitative estimate of drug-likeness (QED) is 0.783. The molecular weight excluding hydrogens is 388 g/mol. The molecule has 0 spiro atoms. The van der Waals surface area contributed by atoms with Crippen LogP contribution in [0, 0.1) is 0 Å². The van der Waals surface area contributed by atoms with Crippen LogP contribution in [0.5, 0.6) is 5.75 Å². The Morgan fingerprint density at radius 1 is 1.00 bits per heavy atom. The lowest BCUT2D eigenvalue weighted by molar-refractivity contribution is -0.139. The number of hydrogen-bond donors (Lipinski definition) is 0. The Balaban J connectivity index is 1.39. The Labute approximate surface area is 163 Å². The maximum Gasteiger partial charge on any atom is 0.264 e. The van der Waals surface area contributed by atoms with Crippen molar-refractivity contribution < 1.29 is 17.9 Å². The highest BCUT2D eigenvalue weighted by atomic mass is 35.5. The smallest absolute Gasteiger partial charge is 0.264 e. The van der Waals surface area contributed by atoms with Crippen LogP contribution >= 0.6 is 11.6 Å². The van der Waals surface area contributed by atoms with E-state index < -0.39 is 16.1 Å². The van der Waals surface area contributed by atoms with Gasteiger partial charge in [0.15, 0.2) is 6.10 Å². The number of hydrogen-bond acceptors (Lipinski definition) is 4. The first kappa shape index (κ1) is 18.3. The van der Waals surface area contributed by atoms with E-state index in [9.17, 15) is 13.2 Å². The van der Waals surface area contributed by atoms with Gasteiger partial charge in [-0.2, -0.15) is 4.31 Å². The molecule has 0 aromatic heterocycles. The van der Waals surface area contributed by atoms with Crippen LogP contribution in [-0.4, -0.2) is 55.8 Å². The van der Waals surface area contributed by atoms with E-state index in [0.717, 1.165) is 11.3 Å². The van der Waals surface area contributed by atoms with E-state index in [4.69, 9.17) is 16.3 Å². The predicted molar refractivity (Wildman–Crippen MR) is 101 cm³/mol. The van der Waals surface area contributed by atoms with Crippen LogP contribution in [-0.2, 0) is 21.2 Å². The predicted octanol–water partition coefficient (Wildman–Crippen LogP) is 2.18. The molecule has 142 valence electrons. The number of rotatable bonds is 3. The molecular formula is C19H19ClN2O4S. The lowest BCUT2D eigenvalue weighted by atomic mass is 10.1. The molecule has 1 fully saturated rings. The highest BCUT2D eigenvalue weighted by Gasteiger charge is 2.35. The van der Waals surface area contributed by atoms with Gasteiger partial charge in [-0.1, -0.05) is 29.8 Å². The van der Waals surface area contributed by atoms with Crippen molar-refractivity contribution in [2.24, 2.45) is 0 Å². The molecule has 0 saturated carbocycles. The molecule has 2 aliphatic rings. The number of benzene rings is 2. The minimum absolute atomic E-state index is 0.0882. The van der Waals surface area contributed by atoms with Gasteiger partial charge in [0, 0.05) is 37.6 Å². The fraction of sp³-hybridized carbons (Fsp3) is 0.316. The molecule has 2 aromatic rings. The van der Waals surface area contributed by atoms with Crippen LogP contribution in [0.2, 0.25) is 5.02 Å². The first-order chi connectivity index (χ1) is 12.9. The summed E-state index contributed by atoms with van der Waals surface area (Å²) in [6.07, 6.45) is 0.0278. The normalized spacial score (nSPS) is 20.2. The summed E-state index contributed by atoms with van der Waals surface area (Å²) in [7, 11) is -3.59. The van der Waals surface area contributed by atoms with Crippen LogP contribution in [0.4, 0.5) is 0 Å². The standard InChI is InChI=1S/C19H19ClN2O4S/c20-15-5-7-16(8-6-15)27(24,25)22-11-9-21(10-12-22)19(23)18-13-14-3-1-2-4-17(14)26-18/h1-8,18H,9-13H2/t18-/m0/s1. The number of amides is 1. The average Bonchev–Trinajstić information content (AvgIpc) is 3.12. The number of halogens is 1. The zero-order valence-electron chi connectivity index (χ0n) is 14.5. The summed E-state index contributed by atoms with van der Waals surface area (Å²) in [5.74, 6) is 0.662. The average molecular weight is 407 g/mol. The van der Waals surface area contributed by atoms with Crippen molar-refractivity contribution in [3.8, 4) is 5.75 Å². The molecule has 4 rings (SSSR count). The van der Waals surface area contributed by atoms with Crippen molar-refractivity contribution in [3.63, 3.8) is 0 Å². The molecule has 2 aliphatic heterocycles. The van der Waals surface area contributed by atoms with Gasteiger partial charge in [-0.05, 0) is 35.9 Å². The Morgan fingerprint density at radius 2 is 1.67 bits per heavy atom. The molecule has 0 bridgehead atoms. The van der Waals surface area contributed by atoms with E-state index >= 15 is 0 Å². The largest absolute Gasteiger partial charge is 0.480 e. The highest BCUT2D eigenvalue weighted by molar-refractivity contribution is 7.89. The number of ether oxygens (including phenoxy) is 1. The van der Waals surface area contributed by atoms with Crippen LogP contribution in [0.15, 0.2) is 53.4 Å². The second-order valence-electron chi connectivity index (χ2n) is 6.60. The number of carbonyl (C=O) groups is 1. The van der Waals surface area contributed by atoms with E-state index in [-0.39, 0.29) is 23.9 Å². The molecule has 27 heavy (non-hydrogen) atoms. The molecule has 0 aliphatic carbocycles. The van der Waals surface area contributed by atoms with Gasteiger partial charge in [-0.15, -0.1) is 0 Å². The van der Waals surface area contributed by atoms with E-state index in [1.807, 2.05) is 24.3 Å². The van der Waals surface area contributed by atoms with Crippen molar-refractivity contribution in [1.29, 1.82) is 0 Å². The Morgan fingerprint density at radius 3 is 2.33 bits per heavy atom. The lowest BCUT2D eigenvalue weighted by Gasteiger charge is -2.35. The number of sulfonamides is 1. The minimum Gasteiger partial charge on any atom is -0.480 e. The first-order valence-corrected chi connectivity index (χ1v) is 10.6. The molecule has 2 heterocycles. The Kier molecular flexibility index (Phi) is 4.84. The summed E-state index contributed by atoms with van der Waals surface area (Å²) in [4.78, 5) is 14.6. The molecule has 8 heteroatoms. The van der Waals surface area contributed by atoms with Crippen molar-refractivity contribution >= 4 is 27.5 Å². The Hall–Kier alpha value is -2.09. The second kappa shape index (κ2) is 7.14.